The monoisotopic (exact) mass is 287 g/mol. The van der Waals surface area contributed by atoms with Gasteiger partial charge >= 0.3 is 0 Å². The number of carbonyl (C=O) groups excluding carboxylic acids is 1. The lowest BCUT2D eigenvalue weighted by atomic mass is 9.98. The highest BCUT2D eigenvalue weighted by molar-refractivity contribution is 5.98. The lowest BCUT2D eigenvalue weighted by Gasteiger charge is -2.14. The number of nitrogens with zero attached hydrogens (tertiary/aromatic N) is 1. The van der Waals surface area contributed by atoms with Crippen molar-refractivity contribution in [3.8, 4) is 5.75 Å². The summed E-state index contributed by atoms with van der Waals surface area (Å²) in [7, 11) is 5.10. The Morgan fingerprint density at radius 3 is 2.57 bits per heavy atom. The van der Waals surface area contributed by atoms with Crippen LogP contribution in [0.4, 0.5) is 0 Å². The van der Waals surface area contributed by atoms with Crippen LogP contribution in [0.5, 0.6) is 5.75 Å². The standard InChI is InChI=1S/C17H21NO3/c1-10(7-15(19)18(4)5)13-8-14-11(2)9-21-17(14)12(3)16(13)20-6/h7-9H,1-6H3/b10-7+. The number of amides is 1. The van der Waals surface area contributed by atoms with Crippen molar-refractivity contribution < 1.29 is 13.9 Å². The number of aryl methyl sites for hydroxylation is 2. The number of fused-ring (bicyclic) bond motifs is 1. The van der Waals surface area contributed by atoms with Gasteiger partial charge in [-0.05, 0) is 38.0 Å². The fourth-order valence-corrected chi connectivity index (χ4v) is 2.39. The van der Waals surface area contributed by atoms with E-state index in [4.69, 9.17) is 9.15 Å². The van der Waals surface area contributed by atoms with Crippen molar-refractivity contribution >= 4 is 22.4 Å². The summed E-state index contributed by atoms with van der Waals surface area (Å²) >= 11 is 0. The van der Waals surface area contributed by atoms with E-state index in [0.29, 0.717) is 0 Å². The Kier molecular flexibility index (Phi) is 4.07. The van der Waals surface area contributed by atoms with Crippen LogP contribution in [-0.2, 0) is 4.79 Å². The zero-order chi connectivity index (χ0) is 15.7. The van der Waals surface area contributed by atoms with E-state index in [2.05, 4.69) is 0 Å². The van der Waals surface area contributed by atoms with Crippen molar-refractivity contribution in [2.75, 3.05) is 21.2 Å². The molecule has 0 aliphatic heterocycles. The molecule has 1 amide bonds. The van der Waals surface area contributed by atoms with Crippen molar-refractivity contribution in [3.05, 3.63) is 35.1 Å². The summed E-state index contributed by atoms with van der Waals surface area (Å²) in [6.45, 7) is 5.89. The van der Waals surface area contributed by atoms with Crippen LogP contribution in [0.2, 0.25) is 0 Å². The lowest BCUT2D eigenvalue weighted by molar-refractivity contribution is -0.123. The van der Waals surface area contributed by atoms with E-state index >= 15 is 0 Å². The van der Waals surface area contributed by atoms with Crippen LogP contribution in [0.3, 0.4) is 0 Å². The average molecular weight is 287 g/mol. The number of rotatable bonds is 3. The van der Waals surface area contributed by atoms with Gasteiger partial charge in [-0.25, -0.2) is 0 Å². The molecule has 0 unspecified atom stereocenters. The highest BCUT2D eigenvalue weighted by atomic mass is 16.5. The second-order valence-corrected chi connectivity index (χ2v) is 5.44. The molecule has 0 spiro atoms. The Hall–Kier alpha value is -2.23. The molecule has 0 N–H and O–H groups in total. The summed E-state index contributed by atoms with van der Waals surface area (Å²) in [5.74, 6) is 0.702. The first-order chi connectivity index (χ1) is 9.86. The van der Waals surface area contributed by atoms with E-state index in [1.165, 1.54) is 0 Å². The molecular formula is C17H21NO3. The van der Waals surface area contributed by atoms with E-state index < -0.39 is 0 Å². The van der Waals surface area contributed by atoms with Crippen LogP contribution in [0.15, 0.2) is 22.8 Å². The molecule has 0 bridgehead atoms. The molecule has 2 rings (SSSR count). The van der Waals surface area contributed by atoms with E-state index in [-0.39, 0.29) is 5.91 Å². The molecule has 1 aromatic heterocycles. The molecule has 0 aliphatic carbocycles. The smallest absolute Gasteiger partial charge is 0.246 e. The van der Waals surface area contributed by atoms with Crippen LogP contribution in [0.1, 0.15) is 23.6 Å². The van der Waals surface area contributed by atoms with Crippen LogP contribution >= 0.6 is 0 Å². The molecule has 1 aromatic carbocycles. The SMILES string of the molecule is COc1c(/C(C)=C/C(=O)N(C)C)cc2c(C)coc2c1C. The van der Waals surface area contributed by atoms with Gasteiger partial charge in [0.25, 0.3) is 0 Å². The van der Waals surface area contributed by atoms with E-state index in [1.807, 2.05) is 26.8 Å². The van der Waals surface area contributed by atoms with Crippen LogP contribution in [-0.4, -0.2) is 32.0 Å². The van der Waals surface area contributed by atoms with Gasteiger partial charge in [-0.2, -0.15) is 0 Å². The molecule has 0 aliphatic rings. The Morgan fingerprint density at radius 2 is 2.00 bits per heavy atom. The first-order valence-electron chi connectivity index (χ1n) is 6.82. The van der Waals surface area contributed by atoms with Gasteiger partial charge in [-0.15, -0.1) is 0 Å². The van der Waals surface area contributed by atoms with E-state index in [9.17, 15) is 4.79 Å². The highest BCUT2D eigenvalue weighted by Crippen LogP contribution is 2.37. The van der Waals surface area contributed by atoms with Gasteiger partial charge in [0.15, 0.2) is 0 Å². The average Bonchev–Trinajstić information content (AvgIpc) is 2.80. The number of likely N-dealkylation sites (N-methyl/N-ethyl adjacent to an activating group) is 1. The number of allylic oxidation sites excluding steroid dienone is 1. The van der Waals surface area contributed by atoms with Crippen molar-refractivity contribution in [2.45, 2.75) is 20.8 Å². The summed E-state index contributed by atoms with van der Waals surface area (Å²) in [6.07, 6.45) is 3.36. The largest absolute Gasteiger partial charge is 0.496 e. The fraction of sp³-hybridized carbons (Fsp3) is 0.353. The van der Waals surface area contributed by atoms with Gasteiger partial charge in [0.05, 0.1) is 13.4 Å². The number of hydrogen-bond acceptors (Lipinski definition) is 3. The third-order valence-electron chi connectivity index (χ3n) is 3.65. The van der Waals surface area contributed by atoms with E-state index in [0.717, 1.165) is 39.0 Å². The maximum absolute atomic E-state index is 11.9. The van der Waals surface area contributed by atoms with Crippen molar-refractivity contribution in [1.29, 1.82) is 0 Å². The maximum Gasteiger partial charge on any atom is 0.246 e. The van der Waals surface area contributed by atoms with Gasteiger partial charge in [0.2, 0.25) is 5.91 Å². The molecule has 21 heavy (non-hydrogen) atoms. The minimum atomic E-state index is -0.0452. The maximum atomic E-state index is 11.9. The highest BCUT2D eigenvalue weighted by Gasteiger charge is 2.16. The predicted octanol–water partition coefficient (Wildman–Crippen LogP) is 3.55. The Bertz CT molecular complexity index is 723. The van der Waals surface area contributed by atoms with Gasteiger partial charge in [0.1, 0.15) is 11.3 Å². The number of furan rings is 1. The molecule has 4 nitrogen and oxygen atoms in total. The molecule has 0 radical (unpaired) electrons. The second kappa shape index (κ2) is 5.64. The molecule has 0 saturated heterocycles. The van der Waals surface area contributed by atoms with Gasteiger partial charge < -0.3 is 14.1 Å². The minimum absolute atomic E-state index is 0.0452. The quantitative estimate of drug-likeness (QED) is 0.811. The molecule has 0 saturated carbocycles. The summed E-state index contributed by atoms with van der Waals surface area (Å²) in [5, 5.41) is 1.05. The van der Waals surface area contributed by atoms with Gasteiger partial charge in [-0.1, -0.05) is 0 Å². The summed E-state index contributed by atoms with van der Waals surface area (Å²) in [4.78, 5) is 13.4. The summed E-state index contributed by atoms with van der Waals surface area (Å²) in [5.41, 5.74) is 4.64. The minimum Gasteiger partial charge on any atom is -0.496 e. The van der Waals surface area contributed by atoms with Crippen molar-refractivity contribution in [1.82, 2.24) is 4.90 Å². The summed E-state index contributed by atoms with van der Waals surface area (Å²) in [6, 6.07) is 2.02. The van der Waals surface area contributed by atoms with Crippen molar-refractivity contribution in [2.24, 2.45) is 0 Å². The van der Waals surface area contributed by atoms with Gasteiger partial charge in [0, 0.05) is 36.7 Å². The zero-order valence-corrected chi connectivity index (χ0v) is 13.4. The molecule has 2 aromatic rings. The predicted molar refractivity (Wildman–Crippen MR) is 84.6 cm³/mol. The third-order valence-corrected chi connectivity index (χ3v) is 3.65. The molecule has 0 atom stereocenters. The number of benzene rings is 1. The summed E-state index contributed by atoms with van der Waals surface area (Å²) < 4.78 is 11.1. The number of methoxy groups -OCH3 is 1. The normalized spacial score (nSPS) is 11.8. The zero-order valence-electron chi connectivity index (χ0n) is 13.4. The van der Waals surface area contributed by atoms with Gasteiger partial charge in [-0.3, -0.25) is 4.79 Å². The Balaban J connectivity index is 2.67. The molecule has 1 heterocycles. The van der Waals surface area contributed by atoms with E-state index in [1.54, 1.807) is 38.4 Å². The molecule has 112 valence electrons. The molecule has 4 heteroatoms. The Morgan fingerprint density at radius 1 is 1.33 bits per heavy atom. The molecule has 0 fully saturated rings. The number of hydrogen-bond donors (Lipinski definition) is 0. The number of ether oxygens (including phenoxy) is 1. The number of carbonyl (C=O) groups is 1. The second-order valence-electron chi connectivity index (χ2n) is 5.44. The van der Waals surface area contributed by atoms with Crippen LogP contribution in [0, 0.1) is 13.8 Å². The first kappa shape index (κ1) is 15.2. The first-order valence-corrected chi connectivity index (χ1v) is 6.82. The Labute approximate surface area is 125 Å². The topological polar surface area (TPSA) is 42.7 Å². The fourth-order valence-electron chi connectivity index (χ4n) is 2.39. The van der Waals surface area contributed by atoms with Crippen LogP contribution < -0.4 is 4.74 Å². The molecular weight excluding hydrogens is 266 g/mol. The lowest BCUT2D eigenvalue weighted by Crippen LogP contribution is -2.19. The third kappa shape index (κ3) is 2.66. The van der Waals surface area contributed by atoms with Crippen LogP contribution in [0.25, 0.3) is 16.5 Å². The van der Waals surface area contributed by atoms with Crippen molar-refractivity contribution in [3.63, 3.8) is 0 Å².